The van der Waals surface area contributed by atoms with E-state index in [1.165, 1.54) is 10.6 Å². The monoisotopic (exact) mass is 499 g/mol. The highest BCUT2D eigenvalue weighted by Crippen LogP contribution is 2.20. The number of hydrogen-bond donors (Lipinski definition) is 3. The average molecular weight is 500 g/mol. The normalized spacial score (nSPS) is 16.8. The quantitative estimate of drug-likeness (QED) is 0.434. The van der Waals surface area contributed by atoms with Crippen molar-refractivity contribution in [3.63, 3.8) is 0 Å². The molecule has 2 atom stereocenters. The van der Waals surface area contributed by atoms with Crippen LogP contribution in [0.5, 0.6) is 0 Å². The SMILES string of the molecule is Cc1c(N2CCNC(CCO)C2)c(=O)n(CC(N)c2ccccc2)c(=O)n1Cc1c(F)cccc1F. The van der Waals surface area contributed by atoms with Crippen LogP contribution in [0.25, 0.3) is 0 Å². The molecule has 2 unspecified atom stereocenters. The van der Waals surface area contributed by atoms with Gasteiger partial charge in [0.15, 0.2) is 0 Å². The number of anilines is 1. The standard InChI is InChI=1S/C26H31F2N5O3/c1-17-24(31-12-11-30-19(14-31)10-13-34)25(35)33(16-23(29)18-6-3-2-4-7-18)26(36)32(17)15-20-21(27)8-5-9-22(20)28/h2-9,19,23,30,34H,10-16,29H2,1H3. The maximum atomic E-state index is 14.5. The maximum Gasteiger partial charge on any atom is 0.331 e. The Labute approximate surface area is 207 Å². The van der Waals surface area contributed by atoms with E-state index in [0.29, 0.717) is 31.7 Å². The number of aliphatic hydroxyl groups is 1. The summed E-state index contributed by atoms with van der Waals surface area (Å²) in [6.45, 7) is 2.65. The lowest BCUT2D eigenvalue weighted by molar-refractivity contribution is 0.260. The van der Waals surface area contributed by atoms with E-state index < -0.39 is 28.9 Å². The third-order valence-electron chi connectivity index (χ3n) is 6.69. The average Bonchev–Trinajstić information content (AvgIpc) is 2.87. The van der Waals surface area contributed by atoms with Crippen molar-refractivity contribution in [2.75, 3.05) is 31.1 Å². The second-order valence-electron chi connectivity index (χ2n) is 9.05. The van der Waals surface area contributed by atoms with Gasteiger partial charge in [-0.05, 0) is 31.0 Å². The van der Waals surface area contributed by atoms with Crippen LogP contribution in [0.4, 0.5) is 14.5 Å². The van der Waals surface area contributed by atoms with Crippen LogP contribution in [0.15, 0.2) is 58.1 Å². The number of piperazine rings is 1. The second kappa shape index (κ2) is 11.2. The molecule has 2 aromatic carbocycles. The van der Waals surface area contributed by atoms with Gasteiger partial charge < -0.3 is 21.1 Å². The van der Waals surface area contributed by atoms with Crippen molar-refractivity contribution in [3.05, 3.63) is 97.8 Å². The lowest BCUT2D eigenvalue weighted by atomic mass is 10.1. The molecule has 8 nitrogen and oxygen atoms in total. The molecular weight excluding hydrogens is 468 g/mol. The first-order chi connectivity index (χ1) is 17.3. The Kier molecular flexibility index (Phi) is 7.97. The zero-order valence-electron chi connectivity index (χ0n) is 20.2. The molecule has 4 N–H and O–H groups in total. The zero-order chi connectivity index (χ0) is 25.8. The van der Waals surface area contributed by atoms with Gasteiger partial charge in [0.05, 0.1) is 13.1 Å². The summed E-state index contributed by atoms with van der Waals surface area (Å²) in [5, 5.41) is 12.7. The van der Waals surface area contributed by atoms with Crippen molar-refractivity contribution in [3.8, 4) is 0 Å². The van der Waals surface area contributed by atoms with Crippen molar-refractivity contribution in [2.45, 2.75) is 38.5 Å². The smallest absolute Gasteiger partial charge is 0.331 e. The van der Waals surface area contributed by atoms with Gasteiger partial charge in [0.1, 0.15) is 17.3 Å². The van der Waals surface area contributed by atoms with Crippen molar-refractivity contribution in [1.29, 1.82) is 0 Å². The molecule has 0 spiro atoms. The van der Waals surface area contributed by atoms with Crippen LogP contribution in [-0.2, 0) is 13.1 Å². The number of benzene rings is 2. The molecule has 10 heteroatoms. The summed E-state index contributed by atoms with van der Waals surface area (Å²) in [6, 6.07) is 11.9. The van der Waals surface area contributed by atoms with Crippen molar-refractivity contribution >= 4 is 5.69 Å². The van der Waals surface area contributed by atoms with Crippen LogP contribution < -0.4 is 27.2 Å². The van der Waals surface area contributed by atoms with E-state index in [4.69, 9.17) is 5.73 Å². The molecule has 1 aliphatic heterocycles. The molecular formula is C26H31F2N5O3. The number of rotatable bonds is 8. The molecule has 0 aliphatic carbocycles. The zero-order valence-corrected chi connectivity index (χ0v) is 20.2. The first kappa shape index (κ1) is 25.7. The molecule has 192 valence electrons. The Balaban J connectivity index is 1.84. The largest absolute Gasteiger partial charge is 0.396 e. The van der Waals surface area contributed by atoms with Gasteiger partial charge in [-0.1, -0.05) is 36.4 Å². The van der Waals surface area contributed by atoms with Crippen LogP contribution >= 0.6 is 0 Å². The topological polar surface area (TPSA) is 106 Å². The van der Waals surface area contributed by atoms with Crippen molar-refractivity contribution in [2.24, 2.45) is 5.73 Å². The number of hydrogen-bond acceptors (Lipinski definition) is 6. The summed E-state index contributed by atoms with van der Waals surface area (Å²) in [6.07, 6.45) is 0.503. The van der Waals surface area contributed by atoms with E-state index in [1.54, 1.807) is 6.92 Å². The summed E-state index contributed by atoms with van der Waals surface area (Å²) < 4.78 is 31.3. The Morgan fingerprint density at radius 2 is 1.78 bits per heavy atom. The Bertz CT molecular complexity index is 1300. The van der Waals surface area contributed by atoms with Crippen LogP contribution in [0.1, 0.15) is 29.3 Å². The lowest BCUT2D eigenvalue weighted by Crippen LogP contribution is -2.54. The van der Waals surface area contributed by atoms with Gasteiger partial charge in [0.25, 0.3) is 5.56 Å². The number of nitrogens with one attached hydrogen (secondary N) is 1. The number of nitrogens with two attached hydrogens (primary N) is 1. The third kappa shape index (κ3) is 5.25. The van der Waals surface area contributed by atoms with Crippen LogP contribution in [-0.4, -0.2) is 46.5 Å². The highest BCUT2D eigenvalue weighted by atomic mass is 19.1. The van der Waals surface area contributed by atoms with Crippen molar-refractivity contribution < 1.29 is 13.9 Å². The number of nitrogens with zero attached hydrogens (tertiary/aromatic N) is 3. The Hall–Kier alpha value is -3.34. The molecule has 0 amide bonds. The van der Waals surface area contributed by atoms with Gasteiger partial charge in [-0.15, -0.1) is 0 Å². The minimum Gasteiger partial charge on any atom is -0.396 e. The van der Waals surface area contributed by atoms with Gasteiger partial charge >= 0.3 is 5.69 Å². The van der Waals surface area contributed by atoms with E-state index in [9.17, 15) is 23.5 Å². The van der Waals surface area contributed by atoms with Crippen LogP contribution in [0.2, 0.25) is 0 Å². The van der Waals surface area contributed by atoms with Gasteiger partial charge in [-0.3, -0.25) is 13.9 Å². The third-order valence-corrected chi connectivity index (χ3v) is 6.69. The van der Waals surface area contributed by atoms with E-state index in [2.05, 4.69) is 5.32 Å². The fraction of sp³-hybridized carbons (Fsp3) is 0.385. The minimum absolute atomic E-state index is 0.00723. The van der Waals surface area contributed by atoms with Gasteiger partial charge in [-0.2, -0.15) is 0 Å². The molecule has 1 saturated heterocycles. The van der Waals surface area contributed by atoms with Gasteiger partial charge in [0, 0.05) is 49.6 Å². The fourth-order valence-electron chi connectivity index (χ4n) is 4.72. The molecule has 1 aliphatic rings. The van der Waals surface area contributed by atoms with Gasteiger partial charge in [-0.25, -0.2) is 13.6 Å². The maximum absolute atomic E-state index is 14.5. The van der Waals surface area contributed by atoms with Gasteiger partial charge in [0.2, 0.25) is 0 Å². The highest BCUT2D eigenvalue weighted by molar-refractivity contribution is 5.50. The molecule has 2 heterocycles. The molecule has 36 heavy (non-hydrogen) atoms. The highest BCUT2D eigenvalue weighted by Gasteiger charge is 2.27. The second-order valence-corrected chi connectivity index (χ2v) is 9.05. The first-order valence-electron chi connectivity index (χ1n) is 12.0. The summed E-state index contributed by atoms with van der Waals surface area (Å²) in [4.78, 5) is 29.1. The number of aliphatic hydroxyl groups excluding tert-OH is 1. The summed E-state index contributed by atoms with van der Waals surface area (Å²) in [7, 11) is 0. The summed E-state index contributed by atoms with van der Waals surface area (Å²) in [5.74, 6) is -1.54. The predicted octanol–water partition coefficient (Wildman–Crippen LogP) is 1.51. The molecule has 1 fully saturated rings. The van der Waals surface area contributed by atoms with Crippen molar-refractivity contribution in [1.82, 2.24) is 14.5 Å². The van der Waals surface area contributed by atoms with E-state index in [0.717, 1.165) is 22.3 Å². The number of halogens is 2. The van der Waals surface area contributed by atoms with Crippen LogP contribution in [0, 0.1) is 18.6 Å². The minimum atomic E-state index is -0.772. The Morgan fingerprint density at radius 3 is 2.44 bits per heavy atom. The predicted molar refractivity (Wildman–Crippen MR) is 134 cm³/mol. The molecule has 4 rings (SSSR count). The Morgan fingerprint density at radius 1 is 1.08 bits per heavy atom. The molecule has 0 saturated carbocycles. The molecule has 1 aromatic heterocycles. The first-order valence-corrected chi connectivity index (χ1v) is 12.0. The number of aromatic nitrogens is 2. The molecule has 0 radical (unpaired) electrons. The summed E-state index contributed by atoms with van der Waals surface area (Å²) >= 11 is 0. The van der Waals surface area contributed by atoms with Crippen LogP contribution in [0.3, 0.4) is 0 Å². The lowest BCUT2D eigenvalue weighted by Gasteiger charge is -2.36. The fourth-order valence-corrected chi connectivity index (χ4v) is 4.72. The van der Waals surface area contributed by atoms with E-state index in [1.807, 2.05) is 35.2 Å². The van der Waals surface area contributed by atoms with E-state index in [-0.39, 0.29) is 37.0 Å². The summed E-state index contributed by atoms with van der Waals surface area (Å²) in [5.41, 5.74) is 6.28. The molecule has 0 bridgehead atoms. The molecule has 3 aromatic rings. The van der Waals surface area contributed by atoms with E-state index >= 15 is 0 Å².